The number of hydrogen-bond donors (Lipinski definition) is 3. The standard InChI is InChI=1S/C36H32N4/c1-23-13-19-29-31(21-23)39-33(25-9-5-3-6-10-25)35(37-29)27-15-17-28(18-16-27)36-34(26-11-7-4-8-12-26)40-32-22-24(2)14-20-30(32)38-36/h3-22,33-35,37,39-40H,1-2H3. The number of nitrogens with one attached hydrogen (secondary N) is 3. The SMILES string of the molecule is Cc1ccc2c(c1)NC(c1ccccc1)C(c1ccc(C3Nc4ccc(C)cc4NC3c3ccccc3)cc1)=N2. The molecule has 2 heterocycles. The van der Waals surface area contributed by atoms with Gasteiger partial charge in [-0.15, -0.1) is 0 Å². The molecule has 0 fully saturated rings. The van der Waals surface area contributed by atoms with E-state index in [1.54, 1.807) is 0 Å². The first-order valence-electron chi connectivity index (χ1n) is 13.9. The second-order valence-electron chi connectivity index (χ2n) is 10.8. The van der Waals surface area contributed by atoms with Gasteiger partial charge in [0.2, 0.25) is 0 Å². The zero-order chi connectivity index (χ0) is 27.1. The number of hydrogen-bond acceptors (Lipinski definition) is 4. The highest BCUT2D eigenvalue weighted by Crippen LogP contribution is 2.43. The van der Waals surface area contributed by atoms with E-state index in [0.717, 1.165) is 34.0 Å². The van der Waals surface area contributed by atoms with Gasteiger partial charge in [0.1, 0.15) is 0 Å². The summed E-state index contributed by atoms with van der Waals surface area (Å²) < 4.78 is 0. The Kier molecular flexibility index (Phi) is 6.09. The van der Waals surface area contributed by atoms with Crippen LogP contribution in [-0.4, -0.2) is 5.71 Å². The van der Waals surface area contributed by atoms with Crippen LogP contribution in [0.2, 0.25) is 0 Å². The average molecular weight is 521 g/mol. The highest BCUT2D eigenvalue weighted by atomic mass is 15.1. The van der Waals surface area contributed by atoms with E-state index in [9.17, 15) is 0 Å². The normalized spacial score (nSPS) is 19.2. The number of benzene rings is 5. The third-order valence-electron chi connectivity index (χ3n) is 7.95. The Morgan fingerprint density at radius 2 is 1.07 bits per heavy atom. The van der Waals surface area contributed by atoms with Crippen molar-refractivity contribution < 1.29 is 0 Å². The first-order valence-corrected chi connectivity index (χ1v) is 13.9. The van der Waals surface area contributed by atoms with Gasteiger partial charge in [-0.1, -0.05) is 97.1 Å². The summed E-state index contributed by atoms with van der Waals surface area (Å²) in [7, 11) is 0. The second kappa shape index (κ2) is 10.0. The lowest BCUT2D eigenvalue weighted by molar-refractivity contribution is 0.636. The molecule has 0 amide bonds. The zero-order valence-electron chi connectivity index (χ0n) is 22.7. The summed E-state index contributed by atoms with van der Waals surface area (Å²) in [6.07, 6.45) is 0. The predicted molar refractivity (Wildman–Crippen MR) is 167 cm³/mol. The van der Waals surface area contributed by atoms with Crippen LogP contribution < -0.4 is 16.0 Å². The van der Waals surface area contributed by atoms with Crippen LogP contribution >= 0.6 is 0 Å². The molecule has 5 aromatic carbocycles. The topological polar surface area (TPSA) is 48.4 Å². The molecule has 3 atom stereocenters. The molecule has 4 heteroatoms. The Morgan fingerprint density at radius 3 is 1.77 bits per heavy atom. The van der Waals surface area contributed by atoms with Gasteiger partial charge in [0.15, 0.2) is 0 Å². The molecule has 2 aliphatic rings. The molecule has 40 heavy (non-hydrogen) atoms. The van der Waals surface area contributed by atoms with Crippen LogP contribution in [0.1, 0.15) is 51.5 Å². The molecule has 0 radical (unpaired) electrons. The van der Waals surface area contributed by atoms with E-state index in [-0.39, 0.29) is 18.1 Å². The maximum atomic E-state index is 5.18. The van der Waals surface area contributed by atoms with Crippen LogP contribution in [0.3, 0.4) is 0 Å². The summed E-state index contributed by atoms with van der Waals surface area (Å²) in [5.41, 5.74) is 12.6. The maximum Gasteiger partial charge on any atom is 0.0947 e. The number of anilines is 3. The molecule has 5 aromatic rings. The van der Waals surface area contributed by atoms with Crippen LogP contribution in [0.25, 0.3) is 0 Å². The lowest BCUT2D eigenvalue weighted by atomic mass is 9.88. The van der Waals surface area contributed by atoms with E-state index in [2.05, 4.69) is 151 Å². The Hall–Kier alpha value is -4.83. The van der Waals surface area contributed by atoms with Crippen molar-refractivity contribution >= 4 is 28.5 Å². The minimum atomic E-state index is -0.0250. The smallest absolute Gasteiger partial charge is 0.0947 e. The lowest BCUT2D eigenvalue weighted by Gasteiger charge is -2.37. The van der Waals surface area contributed by atoms with E-state index in [1.165, 1.54) is 27.8 Å². The van der Waals surface area contributed by atoms with E-state index in [4.69, 9.17) is 4.99 Å². The van der Waals surface area contributed by atoms with E-state index in [0.29, 0.717) is 0 Å². The highest BCUT2D eigenvalue weighted by molar-refractivity contribution is 6.10. The van der Waals surface area contributed by atoms with Gasteiger partial charge in [-0.05, 0) is 71.5 Å². The molecule has 196 valence electrons. The molecule has 2 aliphatic heterocycles. The van der Waals surface area contributed by atoms with Crippen molar-refractivity contribution in [1.82, 2.24) is 0 Å². The summed E-state index contributed by atoms with van der Waals surface area (Å²) in [6.45, 7) is 4.25. The van der Waals surface area contributed by atoms with Gasteiger partial charge in [-0.3, -0.25) is 0 Å². The Bertz CT molecular complexity index is 1690. The summed E-state index contributed by atoms with van der Waals surface area (Å²) in [4.78, 5) is 5.18. The molecule has 7 rings (SSSR count). The Morgan fingerprint density at radius 1 is 0.500 bits per heavy atom. The molecule has 0 aromatic heterocycles. The molecule has 4 nitrogen and oxygen atoms in total. The van der Waals surface area contributed by atoms with Crippen molar-refractivity contribution in [3.05, 3.63) is 155 Å². The summed E-state index contributed by atoms with van der Waals surface area (Å²) in [6, 6.07) is 43.3. The minimum Gasteiger partial charge on any atom is -0.374 e. The average Bonchev–Trinajstić information content (AvgIpc) is 3.00. The van der Waals surface area contributed by atoms with Crippen LogP contribution in [0.15, 0.2) is 126 Å². The van der Waals surface area contributed by atoms with Crippen molar-refractivity contribution in [2.24, 2.45) is 4.99 Å². The number of fused-ring (bicyclic) bond motifs is 2. The first-order chi connectivity index (χ1) is 19.6. The van der Waals surface area contributed by atoms with Gasteiger partial charge >= 0.3 is 0 Å². The number of rotatable bonds is 4. The molecule has 0 spiro atoms. The van der Waals surface area contributed by atoms with Gasteiger partial charge in [0, 0.05) is 0 Å². The summed E-state index contributed by atoms with van der Waals surface area (Å²) in [5, 5.41) is 11.4. The molecule has 0 saturated carbocycles. The third kappa shape index (κ3) is 4.52. The van der Waals surface area contributed by atoms with Crippen molar-refractivity contribution in [2.75, 3.05) is 16.0 Å². The van der Waals surface area contributed by atoms with Gasteiger partial charge in [-0.25, -0.2) is 4.99 Å². The number of aliphatic imine (C=N–C) groups is 1. The van der Waals surface area contributed by atoms with Crippen LogP contribution in [0.4, 0.5) is 22.7 Å². The molecule has 0 aliphatic carbocycles. The van der Waals surface area contributed by atoms with Crippen molar-refractivity contribution in [3.8, 4) is 0 Å². The number of aryl methyl sites for hydroxylation is 2. The highest BCUT2D eigenvalue weighted by Gasteiger charge is 2.31. The monoisotopic (exact) mass is 520 g/mol. The van der Waals surface area contributed by atoms with Crippen molar-refractivity contribution in [2.45, 2.75) is 32.0 Å². The molecule has 0 saturated heterocycles. The molecule has 0 bridgehead atoms. The van der Waals surface area contributed by atoms with Crippen LogP contribution in [0, 0.1) is 13.8 Å². The van der Waals surface area contributed by atoms with Crippen LogP contribution in [0.5, 0.6) is 0 Å². The fourth-order valence-electron chi connectivity index (χ4n) is 5.88. The quantitative estimate of drug-likeness (QED) is 0.222. The maximum absolute atomic E-state index is 5.18. The minimum absolute atomic E-state index is 0.0250. The molecule has 3 unspecified atom stereocenters. The van der Waals surface area contributed by atoms with E-state index >= 15 is 0 Å². The van der Waals surface area contributed by atoms with Crippen LogP contribution in [-0.2, 0) is 0 Å². The zero-order valence-corrected chi connectivity index (χ0v) is 22.7. The molecular weight excluding hydrogens is 488 g/mol. The second-order valence-corrected chi connectivity index (χ2v) is 10.8. The van der Waals surface area contributed by atoms with Crippen molar-refractivity contribution in [3.63, 3.8) is 0 Å². The molecule has 3 N–H and O–H groups in total. The van der Waals surface area contributed by atoms with Gasteiger partial charge < -0.3 is 16.0 Å². The Balaban J connectivity index is 1.27. The Labute approximate surface area is 235 Å². The predicted octanol–water partition coefficient (Wildman–Crippen LogP) is 8.91. The van der Waals surface area contributed by atoms with E-state index < -0.39 is 0 Å². The van der Waals surface area contributed by atoms with Gasteiger partial charge in [0.05, 0.1) is 46.6 Å². The largest absolute Gasteiger partial charge is 0.374 e. The van der Waals surface area contributed by atoms with Gasteiger partial charge in [-0.2, -0.15) is 0 Å². The number of nitrogens with zero attached hydrogens (tertiary/aromatic N) is 1. The fourth-order valence-corrected chi connectivity index (χ4v) is 5.88. The molecular formula is C36H32N4. The van der Waals surface area contributed by atoms with Gasteiger partial charge in [0.25, 0.3) is 0 Å². The van der Waals surface area contributed by atoms with E-state index in [1.807, 2.05) is 0 Å². The lowest BCUT2D eigenvalue weighted by Crippen LogP contribution is -2.30. The fraction of sp³-hybridized carbons (Fsp3) is 0.139. The summed E-state index contributed by atoms with van der Waals surface area (Å²) in [5.74, 6) is 0. The third-order valence-corrected chi connectivity index (χ3v) is 7.95. The summed E-state index contributed by atoms with van der Waals surface area (Å²) >= 11 is 0. The van der Waals surface area contributed by atoms with Crippen molar-refractivity contribution in [1.29, 1.82) is 0 Å². The first kappa shape index (κ1) is 24.2.